The molecule has 0 bridgehead atoms. The molecule has 0 radical (unpaired) electrons. The van der Waals surface area contributed by atoms with E-state index in [1.165, 1.54) is 5.56 Å². The lowest BCUT2D eigenvalue weighted by Gasteiger charge is -2.31. The van der Waals surface area contributed by atoms with E-state index in [1.54, 1.807) is 0 Å². The quantitative estimate of drug-likeness (QED) is 0.876. The van der Waals surface area contributed by atoms with Crippen LogP contribution in [0.15, 0.2) is 12.3 Å². The van der Waals surface area contributed by atoms with Crippen LogP contribution < -0.4 is 5.32 Å². The third-order valence-corrected chi connectivity index (χ3v) is 3.52. The topological polar surface area (TPSA) is 56.8 Å². The first-order valence-electron chi connectivity index (χ1n) is 6.48. The number of rotatable bonds is 2. The predicted octanol–water partition coefficient (Wildman–Crippen LogP) is 1.48. The summed E-state index contributed by atoms with van der Waals surface area (Å²) >= 11 is 0. The molecule has 3 rings (SSSR count). The van der Waals surface area contributed by atoms with E-state index >= 15 is 0 Å². The van der Waals surface area contributed by atoms with Crippen molar-refractivity contribution < 1.29 is 0 Å². The van der Waals surface area contributed by atoms with E-state index in [2.05, 4.69) is 38.4 Å². The molecule has 1 unspecified atom stereocenters. The minimum atomic E-state index is 0. The van der Waals surface area contributed by atoms with Gasteiger partial charge in [0.05, 0.1) is 0 Å². The summed E-state index contributed by atoms with van der Waals surface area (Å²) in [6.07, 6.45) is 1.94. The summed E-state index contributed by atoms with van der Waals surface area (Å²) in [5, 5.41) is 11.7. The summed E-state index contributed by atoms with van der Waals surface area (Å²) in [6, 6.07) is 2.78. The highest BCUT2D eigenvalue weighted by molar-refractivity contribution is 5.85. The summed E-state index contributed by atoms with van der Waals surface area (Å²) < 4.78 is 0. The fraction of sp³-hybridized carbons (Fsp3) is 0.538. The van der Waals surface area contributed by atoms with Gasteiger partial charge in [-0.05, 0) is 25.5 Å². The van der Waals surface area contributed by atoms with Gasteiger partial charge in [0.2, 0.25) is 0 Å². The number of halogens is 1. The first-order valence-corrected chi connectivity index (χ1v) is 6.48. The number of H-pyrrole nitrogens is 1. The number of pyridine rings is 1. The molecule has 5 nitrogen and oxygen atoms in total. The highest BCUT2D eigenvalue weighted by atomic mass is 35.5. The van der Waals surface area contributed by atoms with E-state index in [-0.39, 0.29) is 12.4 Å². The fourth-order valence-corrected chi connectivity index (χ4v) is 2.56. The van der Waals surface area contributed by atoms with Gasteiger partial charge in [-0.15, -0.1) is 12.4 Å². The number of nitrogens with zero attached hydrogens (tertiary/aromatic N) is 3. The Morgan fingerprint density at radius 2 is 2.32 bits per heavy atom. The zero-order chi connectivity index (χ0) is 12.5. The third-order valence-electron chi connectivity index (χ3n) is 3.52. The van der Waals surface area contributed by atoms with Crippen molar-refractivity contribution in [2.75, 3.05) is 19.6 Å². The van der Waals surface area contributed by atoms with Gasteiger partial charge in [-0.3, -0.25) is 10.00 Å². The number of aromatic nitrogens is 3. The average molecular weight is 282 g/mol. The van der Waals surface area contributed by atoms with Gasteiger partial charge in [-0.2, -0.15) is 5.10 Å². The van der Waals surface area contributed by atoms with Crippen LogP contribution in [0.25, 0.3) is 11.0 Å². The van der Waals surface area contributed by atoms with Crippen molar-refractivity contribution in [2.24, 2.45) is 0 Å². The summed E-state index contributed by atoms with van der Waals surface area (Å²) in [4.78, 5) is 6.87. The number of hydrogen-bond acceptors (Lipinski definition) is 4. The van der Waals surface area contributed by atoms with Gasteiger partial charge in [0, 0.05) is 49.5 Å². The largest absolute Gasteiger partial charge is 0.312 e. The van der Waals surface area contributed by atoms with Gasteiger partial charge in [0.25, 0.3) is 0 Å². The molecule has 0 spiro atoms. The van der Waals surface area contributed by atoms with Crippen molar-refractivity contribution in [1.82, 2.24) is 25.4 Å². The SMILES string of the molecule is Cc1[nH]nc2ncc(CN3CCNC(C)C3)cc12.Cl. The zero-order valence-corrected chi connectivity index (χ0v) is 12.1. The van der Waals surface area contributed by atoms with E-state index < -0.39 is 0 Å². The Morgan fingerprint density at radius 3 is 3.11 bits per heavy atom. The second-order valence-corrected chi connectivity index (χ2v) is 5.15. The lowest BCUT2D eigenvalue weighted by atomic mass is 10.1. The number of piperazine rings is 1. The molecule has 6 heteroatoms. The first-order chi connectivity index (χ1) is 8.72. The molecule has 1 aliphatic rings. The lowest BCUT2D eigenvalue weighted by molar-refractivity contribution is 0.199. The number of hydrogen-bond donors (Lipinski definition) is 2. The molecule has 1 saturated heterocycles. The second-order valence-electron chi connectivity index (χ2n) is 5.15. The van der Waals surface area contributed by atoms with Crippen molar-refractivity contribution in [3.63, 3.8) is 0 Å². The average Bonchev–Trinajstić information content (AvgIpc) is 2.71. The Morgan fingerprint density at radius 1 is 1.47 bits per heavy atom. The Bertz CT molecular complexity index is 553. The highest BCUT2D eigenvalue weighted by Crippen LogP contribution is 2.16. The van der Waals surface area contributed by atoms with Gasteiger partial charge in [0.15, 0.2) is 5.65 Å². The van der Waals surface area contributed by atoms with E-state index in [9.17, 15) is 0 Å². The molecule has 0 aromatic carbocycles. The molecule has 2 N–H and O–H groups in total. The Balaban J connectivity index is 0.00000133. The molecule has 0 saturated carbocycles. The van der Waals surface area contributed by atoms with Gasteiger partial charge in [-0.1, -0.05) is 0 Å². The molecular weight excluding hydrogens is 262 g/mol. The maximum absolute atomic E-state index is 4.40. The molecule has 1 aliphatic heterocycles. The zero-order valence-electron chi connectivity index (χ0n) is 11.3. The normalized spacial score (nSPS) is 20.4. The van der Waals surface area contributed by atoms with Crippen molar-refractivity contribution >= 4 is 23.4 Å². The highest BCUT2D eigenvalue weighted by Gasteiger charge is 2.16. The molecular formula is C13H20ClN5. The number of fused-ring (bicyclic) bond motifs is 1. The Hall–Kier alpha value is -1.17. The van der Waals surface area contributed by atoms with Crippen LogP contribution in [0.3, 0.4) is 0 Å². The Labute approximate surface area is 119 Å². The van der Waals surface area contributed by atoms with Crippen LogP contribution in [0.5, 0.6) is 0 Å². The maximum atomic E-state index is 4.40. The molecule has 1 fully saturated rings. The van der Waals surface area contributed by atoms with Gasteiger partial charge in [0.1, 0.15) is 0 Å². The van der Waals surface area contributed by atoms with Crippen LogP contribution in [0.4, 0.5) is 0 Å². The van der Waals surface area contributed by atoms with Gasteiger partial charge < -0.3 is 5.32 Å². The van der Waals surface area contributed by atoms with Crippen molar-refractivity contribution in [2.45, 2.75) is 26.4 Å². The first kappa shape index (κ1) is 14.2. The summed E-state index contributed by atoms with van der Waals surface area (Å²) in [5.41, 5.74) is 3.17. The molecule has 2 aromatic rings. The maximum Gasteiger partial charge on any atom is 0.181 e. The van der Waals surface area contributed by atoms with Gasteiger partial charge in [-0.25, -0.2) is 4.98 Å². The second kappa shape index (κ2) is 5.86. The predicted molar refractivity (Wildman–Crippen MR) is 78.6 cm³/mol. The minimum Gasteiger partial charge on any atom is -0.312 e. The number of nitrogens with one attached hydrogen (secondary N) is 2. The molecule has 1 atom stereocenters. The van der Waals surface area contributed by atoms with Crippen LogP contribution in [-0.2, 0) is 6.54 Å². The van der Waals surface area contributed by atoms with Crippen LogP contribution in [0.1, 0.15) is 18.2 Å². The van der Waals surface area contributed by atoms with Crippen LogP contribution >= 0.6 is 12.4 Å². The van der Waals surface area contributed by atoms with Crippen molar-refractivity contribution in [3.8, 4) is 0 Å². The monoisotopic (exact) mass is 281 g/mol. The van der Waals surface area contributed by atoms with Crippen LogP contribution in [0, 0.1) is 6.92 Å². The smallest absolute Gasteiger partial charge is 0.181 e. The third kappa shape index (κ3) is 3.05. The standard InChI is InChI=1S/C13H19N5.ClH/c1-9-7-18(4-3-14-9)8-11-5-12-10(2)16-17-13(12)15-6-11;/h5-6,9,14H,3-4,7-8H2,1-2H3,(H,15,16,17);1H. The molecule has 2 aromatic heterocycles. The summed E-state index contributed by atoms with van der Waals surface area (Å²) in [5.74, 6) is 0. The van der Waals surface area contributed by atoms with Crippen molar-refractivity contribution in [1.29, 1.82) is 0 Å². The molecule has 104 valence electrons. The van der Waals surface area contributed by atoms with E-state index in [0.717, 1.165) is 42.9 Å². The minimum absolute atomic E-state index is 0. The molecule has 3 heterocycles. The van der Waals surface area contributed by atoms with Crippen molar-refractivity contribution in [3.05, 3.63) is 23.5 Å². The number of aromatic amines is 1. The number of aryl methyl sites for hydroxylation is 1. The summed E-state index contributed by atoms with van der Waals surface area (Å²) in [6.45, 7) is 8.51. The lowest BCUT2D eigenvalue weighted by Crippen LogP contribution is -2.48. The Kier molecular flexibility index (Phi) is 4.39. The van der Waals surface area contributed by atoms with Gasteiger partial charge >= 0.3 is 0 Å². The van der Waals surface area contributed by atoms with Crippen LogP contribution in [-0.4, -0.2) is 45.8 Å². The summed E-state index contributed by atoms with van der Waals surface area (Å²) in [7, 11) is 0. The molecule has 0 aliphatic carbocycles. The van der Waals surface area contributed by atoms with E-state index in [4.69, 9.17) is 0 Å². The van der Waals surface area contributed by atoms with Crippen LogP contribution in [0.2, 0.25) is 0 Å². The van der Waals surface area contributed by atoms with E-state index in [0.29, 0.717) is 6.04 Å². The molecule has 19 heavy (non-hydrogen) atoms. The molecule has 0 amide bonds. The fourth-order valence-electron chi connectivity index (χ4n) is 2.56. The van der Waals surface area contributed by atoms with E-state index in [1.807, 2.05) is 13.1 Å².